The molecule has 0 radical (unpaired) electrons. The van der Waals surface area contributed by atoms with Crippen LogP contribution in [0.2, 0.25) is 0 Å². The first-order chi connectivity index (χ1) is 9.93. The molecule has 21 heavy (non-hydrogen) atoms. The number of halogens is 3. The van der Waals surface area contributed by atoms with E-state index in [0.29, 0.717) is 4.88 Å². The lowest BCUT2D eigenvalue weighted by molar-refractivity contribution is 0.0519. The summed E-state index contributed by atoms with van der Waals surface area (Å²) in [5.74, 6) is -4.79. The largest absolute Gasteiger partial charge is 0.461 e. The first-order valence-corrected chi connectivity index (χ1v) is 6.80. The first kappa shape index (κ1) is 15.3. The van der Waals surface area contributed by atoms with E-state index in [4.69, 9.17) is 4.74 Å². The Morgan fingerprint density at radius 2 is 2.05 bits per heavy atom. The van der Waals surface area contributed by atoms with Crippen LogP contribution in [-0.4, -0.2) is 17.6 Å². The number of nitrogens with one attached hydrogen (secondary N) is 1. The fourth-order valence-electron chi connectivity index (χ4n) is 1.58. The van der Waals surface area contributed by atoms with Gasteiger partial charge in [0.25, 0.3) is 0 Å². The number of thiazole rings is 1. The quantitative estimate of drug-likeness (QED) is 0.689. The number of esters is 1. The normalized spacial score (nSPS) is 10.5. The molecule has 0 aliphatic carbocycles. The number of rotatable bonds is 4. The Balaban J connectivity index is 2.27. The van der Waals surface area contributed by atoms with Crippen molar-refractivity contribution >= 4 is 28.1 Å². The standard InChI is InChI=1S/C13H11F3N2O2S/c1-3-20-12(19)11-6(2)21-13(18-11)17-8-5-4-7(14)9(15)10(8)16/h4-5H,3H2,1-2H3,(H,17,18). The monoisotopic (exact) mass is 316 g/mol. The molecule has 1 N–H and O–H groups in total. The van der Waals surface area contributed by atoms with E-state index in [2.05, 4.69) is 10.3 Å². The van der Waals surface area contributed by atoms with Gasteiger partial charge in [0.15, 0.2) is 28.3 Å². The van der Waals surface area contributed by atoms with Crippen LogP contribution in [-0.2, 0) is 4.74 Å². The van der Waals surface area contributed by atoms with E-state index in [1.165, 1.54) is 0 Å². The van der Waals surface area contributed by atoms with Crippen LogP contribution < -0.4 is 5.32 Å². The average Bonchev–Trinajstić information content (AvgIpc) is 2.81. The van der Waals surface area contributed by atoms with Gasteiger partial charge in [-0.3, -0.25) is 0 Å². The lowest BCUT2D eigenvalue weighted by Gasteiger charge is -2.05. The zero-order valence-electron chi connectivity index (χ0n) is 11.2. The van der Waals surface area contributed by atoms with Crippen molar-refractivity contribution in [2.24, 2.45) is 0 Å². The maximum absolute atomic E-state index is 13.5. The maximum Gasteiger partial charge on any atom is 0.358 e. The van der Waals surface area contributed by atoms with Crippen molar-refractivity contribution in [2.45, 2.75) is 13.8 Å². The van der Waals surface area contributed by atoms with Crippen molar-refractivity contribution in [1.29, 1.82) is 0 Å². The summed E-state index contributed by atoms with van der Waals surface area (Å²) in [7, 11) is 0. The van der Waals surface area contributed by atoms with E-state index in [9.17, 15) is 18.0 Å². The van der Waals surface area contributed by atoms with E-state index >= 15 is 0 Å². The predicted octanol–water partition coefficient (Wildman–Crippen LogP) is 3.79. The number of hydrogen-bond donors (Lipinski definition) is 1. The van der Waals surface area contributed by atoms with Crippen molar-refractivity contribution in [3.05, 3.63) is 40.2 Å². The lowest BCUT2D eigenvalue weighted by atomic mass is 10.3. The molecule has 2 rings (SSSR count). The summed E-state index contributed by atoms with van der Waals surface area (Å²) >= 11 is 1.08. The van der Waals surface area contributed by atoms with E-state index < -0.39 is 23.4 Å². The van der Waals surface area contributed by atoms with Gasteiger partial charge in [-0.25, -0.2) is 22.9 Å². The molecule has 1 heterocycles. The van der Waals surface area contributed by atoms with Crippen LogP contribution in [0.3, 0.4) is 0 Å². The smallest absolute Gasteiger partial charge is 0.358 e. The lowest BCUT2D eigenvalue weighted by Crippen LogP contribution is -2.06. The number of aromatic nitrogens is 1. The third kappa shape index (κ3) is 3.15. The van der Waals surface area contributed by atoms with Crippen molar-refractivity contribution < 1.29 is 22.7 Å². The third-order valence-corrected chi connectivity index (χ3v) is 3.43. The van der Waals surface area contributed by atoms with Gasteiger partial charge < -0.3 is 10.1 Å². The molecule has 1 aromatic heterocycles. The van der Waals surface area contributed by atoms with Gasteiger partial charge in [-0.15, -0.1) is 11.3 Å². The summed E-state index contributed by atoms with van der Waals surface area (Å²) in [6, 6.07) is 1.85. The molecule has 2 aromatic rings. The number of anilines is 2. The fourth-order valence-corrected chi connectivity index (χ4v) is 2.39. The third-order valence-electron chi connectivity index (χ3n) is 2.54. The van der Waals surface area contributed by atoms with Crippen LogP contribution in [0.25, 0.3) is 0 Å². The van der Waals surface area contributed by atoms with E-state index in [0.717, 1.165) is 23.5 Å². The van der Waals surface area contributed by atoms with Crippen LogP contribution in [0, 0.1) is 24.4 Å². The predicted molar refractivity (Wildman–Crippen MR) is 72.4 cm³/mol. The summed E-state index contributed by atoms with van der Waals surface area (Å²) in [5, 5.41) is 2.70. The number of hydrogen-bond acceptors (Lipinski definition) is 5. The number of nitrogens with zero attached hydrogens (tertiary/aromatic N) is 1. The van der Waals surface area contributed by atoms with E-state index in [-0.39, 0.29) is 23.1 Å². The summed E-state index contributed by atoms with van der Waals surface area (Å²) in [6.45, 7) is 3.52. The van der Waals surface area contributed by atoms with Crippen LogP contribution in [0.4, 0.5) is 24.0 Å². The zero-order valence-corrected chi connectivity index (χ0v) is 12.0. The Kier molecular flexibility index (Phi) is 4.46. The molecule has 4 nitrogen and oxygen atoms in total. The second kappa shape index (κ2) is 6.13. The van der Waals surface area contributed by atoms with Crippen LogP contribution in [0.5, 0.6) is 0 Å². The van der Waals surface area contributed by atoms with Gasteiger partial charge in [0.2, 0.25) is 0 Å². The van der Waals surface area contributed by atoms with Gasteiger partial charge in [0.05, 0.1) is 12.3 Å². The molecular formula is C13H11F3N2O2S. The molecule has 0 aliphatic rings. The van der Waals surface area contributed by atoms with Crippen LogP contribution in [0.1, 0.15) is 22.3 Å². The highest BCUT2D eigenvalue weighted by molar-refractivity contribution is 7.15. The Hall–Kier alpha value is -2.09. The highest BCUT2D eigenvalue weighted by atomic mass is 32.1. The Labute approximate surface area is 122 Å². The summed E-state index contributed by atoms with van der Waals surface area (Å²) in [4.78, 5) is 16.1. The molecule has 0 spiro atoms. The van der Waals surface area contributed by atoms with Gasteiger partial charge >= 0.3 is 5.97 Å². The molecule has 0 fully saturated rings. The molecule has 0 atom stereocenters. The van der Waals surface area contributed by atoms with Gasteiger partial charge in [-0.2, -0.15) is 0 Å². The van der Waals surface area contributed by atoms with Crippen molar-refractivity contribution in [2.75, 3.05) is 11.9 Å². The molecule has 0 saturated carbocycles. The molecule has 1 aromatic carbocycles. The first-order valence-electron chi connectivity index (χ1n) is 5.99. The van der Waals surface area contributed by atoms with E-state index in [1.54, 1.807) is 13.8 Å². The molecule has 0 saturated heterocycles. The summed E-state index contributed by atoms with van der Waals surface area (Å²) < 4.78 is 44.3. The second-order valence-corrected chi connectivity index (χ2v) is 5.20. The van der Waals surface area contributed by atoms with Crippen molar-refractivity contribution in [3.8, 4) is 0 Å². The minimum atomic E-state index is -1.57. The van der Waals surface area contributed by atoms with Gasteiger partial charge in [0, 0.05) is 4.88 Å². The Bertz CT molecular complexity index is 688. The molecule has 0 unspecified atom stereocenters. The molecule has 112 valence electrons. The van der Waals surface area contributed by atoms with Crippen molar-refractivity contribution in [1.82, 2.24) is 4.98 Å². The van der Waals surface area contributed by atoms with Crippen molar-refractivity contribution in [3.63, 3.8) is 0 Å². The molecular weight excluding hydrogens is 305 g/mol. The number of benzene rings is 1. The minimum Gasteiger partial charge on any atom is -0.461 e. The van der Waals surface area contributed by atoms with Crippen LogP contribution >= 0.6 is 11.3 Å². The number of carbonyl (C=O) groups excluding carboxylic acids is 1. The van der Waals surface area contributed by atoms with E-state index in [1.807, 2.05) is 0 Å². The molecule has 0 amide bonds. The van der Waals surface area contributed by atoms with Gasteiger partial charge in [-0.05, 0) is 26.0 Å². The number of aryl methyl sites for hydroxylation is 1. The minimum absolute atomic E-state index is 0.104. The SMILES string of the molecule is CCOC(=O)c1nc(Nc2ccc(F)c(F)c2F)sc1C. The summed E-state index contributed by atoms with van der Waals surface area (Å²) in [6.07, 6.45) is 0. The molecule has 0 aliphatic heterocycles. The average molecular weight is 316 g/mol. The zero-order chi connectivity index (χ0) is 15.6. The van der Waals surface area contributed by atoms with Gasteiger partial charge in [0.1, 0.15) is 0 Å². The fraction of sp³-hybridized carbons (Fsp3) is 0.231. The molecule has 8 heteroatoms. The Morgan fingerprint density at radius 3 is 2.71 bits per heavy atom. The summed E-state index contributed by atoms with van der Waals surface area (Å²) in [5.41, 5.74) is -0.162. The highest BCUT2D eigenvalue weighted by Gasteiger charge is 2.18. The number of ether oxygens (including phenoxy) is 1. The number of carbonyl (C=O) groups is 1. The highest BCUT2D eigenvalue weighted by Crippen LogP contribution is 2.28. The topological polar surface area (TPSA) is 51.2 Å². The molecule has 0 bridgehead atoms. The van der Waals surface area contributed by atoms with Gasteiger partial charge in [-0.1, -0.05) is 0 Å². The second-order valence-electron chi connectivity index (χ2n) is 3.99. The Morgan fingerprint density at radius 1 is 1.33 bits per heavy atom. The van der Waals surface area contributed by atoms with Crippen LogP contribution in [0.15, 0.2) is 12.1 Å². The maximum atomic E-state index is 13.5.